The second-order valence-corrected chi connectivity index (χ2v) is 6.55. The van der Waals surface area contributed by atoms with Crippen molar-refractivity contribution < 1.29 is 9.90 Å². The minimum absolute atomic E-state index is 0.312. The second kappa shape index (κ2) is 14.5. The first-order chi connectivity index (χ1) is 12.2. The van der Waals surface area contributed by atoms with E-state index >= 15 is 0 Å². The van der Waals surface area contributed by atoms with Crippen molar-refractivity contribution in [2.75, 3.05) is 0 Å². The number of unbranched alkanes of at least 4 members (excludes halogenated alkanes) is 12. The minimum atomic E-state index is -0.681. The number of hydrogen-bond acceptors (Lipinski definition) is 6. The van der Waals surface area contributed by atoms with Crippen molar-refractivity contribution in [2.45, 2.75) is 96.3 Å². The molecule has 0 radical (unpaired) electrons. The third kappa shape index (κ3) is 12.2. The van der Waals surface area contributed by atoms with E-state index in [1.165, 1.54) is 57.8 Å². The third-order valence-corrected chi connectivity index (χ3v) is 4.31. The number of aryl methyl sites for hydroxylation is 1. The number of nitroso groups, excluding NO2 is 1. The molecule has 25 heavy (non-hydrogen) atoms. The maximum atomic E-state index is 10.4. The molecule has 0 spiro atoms. The van der Waals surface area contributed by atoms with Gasteiger partial charge in [-0.3, -0.25) is 4.79 Å². The van der Waals surface area contributed by atoms with E-state index in [0.717, 1.165) is 32.1 Å². The minimum Gasteiger partial charge on any atom is -0.481 e. The van der Waals surface area contributed by atoms with Crippen molar-refractivity contribution >= 4 is 5.97 Å². The van der Waals surface area contributed by atoms with Crippen LogP contribution in [0.15, 0.2) is 5.29 Å². The van der Waals surface area contributed by atoms with E-state index in [2.05, 4.69) is 20.7 Å². The lowest BCUT2D eigenvalue weighted by molar-refractivity contribution is -0.137. The highest BCUT2D eigenvalue weighted by Gasteiger charge is 2.02. The Hall–Kier alpha value is -1.86. The molecule has 0 saturated heterocycles. The second-order valence-electron chi connectivity index (χ2n) is 6.55. The average molecular weight is 353 g/mol. The molecular weight excluding hydrogens is 322 g/mol. The van der Waals surface area contributed by atoms with Crippen LogP contribution in [0, 0.1) is 4.91 Å². The number of tetrazole rings is 1. The maximum absolute atomic E-state index is 10.4. The molecule has 1 aromatic rings. The number of carboxylic acids is 1. The number of nitrogens with zero attached hydrogens (tertiary/aromatic N) is 5. The highest BCUT2D eigenvalue weighted by atomic mass is 16.4. The van der Waals surface area contributed by atoms with Crippen LogP contribution in [0.5, 0.6) is 0 Å². The monoisotopic (exact) mass is 353 g/mol. The summed E-state index contributed by atoms with van der Waals surface area (Å²) in [6, 6.07) is 0. The molecule has 0 aromatic carbocycles. The molecule has 0 aliphatic rings. The van der Waals surface area contributed by atoms with Crippen LogP contribution in [0.2, 0.25) is 0 Å². The lowest BCUT2D eigenvalue weighted by Crippen LogP contribution is -1.93. The fraction of sp³-hybridized carbons (Fsp3) is 0.882. The van der Waals surface area contributed by atoms with Crippen LogP contribution in [0.3, 0.4) is 0 Å². The van der Waals surface area contributed by atoms with E-state index in [9.17, 15) is 9.70 Å². The zero-order chi connectivity index (χ0) is 18.2. The van der Waals surface area contributed by atoms with Crippen molar-refractivity contribution in [2.24, 2.45) is 5.29 Å². The summed E-state index contributed by atoms with van der Waals surface area (Å²) in [5, 5.41) is 22.2. The summed E-state index contributed by atoms with van der Waals surface area (Å²) in [5.74, 6) is -0.0952. The predicted molar refractivity (Wildman–Crippen MR) is 95.0 cm³/mol. The number of carboxylic acid groups (broad SMARTS) is 1. The van der Waals surface area contributed by atoms with Crippen LogP contribution < -0.4 is 0 Å². The fourth-order valence-electron chi connectivity index (χ4n) is 2.87. The molecule has 0 saturated carbocycles. The Morgan fingerprint density at radius 3 is 1.76 bits per heavy atom. The molecule has 0 aliphatic heterocycles. The van der Waals surface area contributed by atoms with Gasteiger partial charge in [0, 0.05) is 12.8 Å². The predicted octanol–water partition coefficient (Wildman–Crippen LogP) is 4.29. The topological polar surface area (TPSA) is 110 Å². The molecule has 1 N–H and O–H groups in total. The fourth-order valence-corrected chi connectivity index (χ4v) is 2.87. The van der Waals surface area contributed by atoms with Gasteiger partial charge in [0.25, 0.3) is 0 Å². The number of carbonyl (C=O) groups is 1. The van der Waals surface area contributed by atoms with E-state index in [-0.39, 0.29) is 0 Å². The summed E-state index contributed by atoms with van der Waals surface area (Å²) in [5.41, 5.74) is 0. The molecule has 0 bridgehead atoms. The van der Waals surface area contributed by atoms with Crippen molar-refractivity contribution in [3.8, 4) is 0 Å². The summed E-state index contributed by atoms with van der Waals surface area (Å²) >= 11 is 0. The van der Waals surface area contributed by atoms with Crippen molar-refractivity contribution in [3.05, 3.63) is 10.7 Å². The van der Waals surface area contributed by atoms with E-state index in [1.807, 2.05) is 0 Å². The van der Waals surface area contributed by atoms with Gasteiger partial charge in [0.1, 0.15) is 5.29 Å². The van der Waals surface area contributed by atoms with Gasteiger partial charge < -0.3 is 5.11 Å². The Balaban J connectivity index is 1.76. The zero-order valence-electron chi connectivity index (χ0n) is 15.1. The van der Waals surface area contributed by atoms with Crippen LogP contribution in [0.1, 0.15) is 95.7 Å². The molecule has 142 valence electrons. The first-order valence-electron chi connectivity index (χ1n) is 9.56. The molecule has 0 amide bonds. The van der Waals surface area contributed by atoms with Gasteiger partial charge in [-0.2, -0.15) is 0 Å². The Morgan fingerprint density at radius 1 is 0.840 bits per heavy atom. The number of rotatable bonds is 17. The van der Waals surface area contributed by atoms with Gasteiger partial charge >= 0.3 is 5.97 Å². The average Bonchev–Trinajstić information content (AvgIpc) is 3.06. The van der Waals surface area contributed by atoms with Crippen LogP contribution >= 0.6 is 0 Å². The third-order valence-electron chi connectivity index (χ3n) is 4.31. The first-order valence-corrected chi connectivity index (χ1v) is 9.56. The molecule has 0 aliphatic carbocycles. The van der Waals surface area contributed by atoms with Crippen molar-refractivity contribution in [3.63, 3.8) is 0 Å². The van der Waals surface area contributed by atoms with Crippen LogP contribution in [0.4, 0.5) is 0 Å². The largest absolute Gasteiger partial charge is 0.481 e. The molecule has 0 unspecified atom stereocenters. The highest BCUT2D eigenvalue weighted by Crippen LogP contribution is 2.13. The van der Waals surface area contributed by atoms with Crippen LogP contribution in [-0.4, -0.2) is 31.4 Å². The summed E-state index contributed by atoms with van der Waals surface area (Å²) in [6.07, 6.45) is 16.5. The first kappa shape index (κ1) is 21.2. The standard InChI is InChI=1S/C17H31N5O3/c23-17(24)15-13-11-9-7-5-3-1-2-4-6-8-10-12-14-16-18-20-22(19-16)21-25/h1-15H2,(H,23,24). The van der Waals surface area contributed by atoms with Gasteiger partial charge in [0.2, 0.25) is 0 Å². The highest BCUT2D eigenvalue weighted by molar-refractivity contribution is 5.66. The zero-order valence-corrected chi connectivity index (χ0v) is 15.1. The van der Waals surface area contributed by atoms with E-state index in [0.29, 0.717) is 17.2 Å². The lowest BCUT2D eigenvalue weighted by Gasteiger charge is -2.03. The van der Waals surface area contributed by atoms with Gasteiger partial charge in [-0.25, -0.2) is 0 Å². The van der Waals surface area contributed by atoms with Gasteiger partial charge in [0.05, 0.1) is 0 Å². The SMILES string of the molecule is O=Nn1nnc(CCCCCCCCCCCCCCCC(=O)O)n1. The molecule has 8 nitrogen and oxygen atoms in total. The van der Waals surface area contributed by atoms with E-state index < -0.39 is 5.97 Å². The molecular formula is C17H31N5O3. The number of aromatic nitrogens is 4. The lowest BCUT2D eigenvalue weighted by atomic mass is 10.0. The Morgan fingerprint density at radius 2 is 1.32 bits per heavy atom. The van der Waals surface area contributed by atoms with E-state index in [1.54, 1.807) is 0 Å². The summed E-state index contributed by atoms with van der Waals surface area (Å²) in [4.78, 5) is 21.3. The maximum Gasteiger partial charge on any atom is 0.303 e. The summed E-state index contributed by atoms with van der Waals surface area (Å²) in [7, 11) is 0. The van der Waals surface area contributed by atoms with Gasteiger partial charge in [0.15, 0.2) is 5.82 Å². The summed E-state index contributed by atoms with van der Waals surface area (Å²) in [6.45, 7) is 0. The molecule has 0 atom stereocenters. The number of hydrogen-bond donors (Lipinski definition) is 1. The Labute approximate surface area is 149 Å². The number of aliphatic carboxylic acids is 1. The molecule has 1 aromatic heterocycles. The normalized spacial score (nSPS) is 10.9. The Kier molecular flexibility index (Phi) is 12.3. The molecule has 8 heteroatoms. The quantitative estimate of drug-likeness (QED) is 0.330. The van der Waals surface area contributed by atoms with Gasteiger partial charge in [-0.15, -0.1) is 15.1 Å². The van der Waals surface area contributed by atoms with Gasteiger partial charge in [-0.05, 0) is 23.0 Å². The smallest absolute Gasteiger partial charge is 0.303 e. The Bertz CT molecular complexity index is 479. The van der Waals surface area contributed by atoms with Crippen molar-refractivity contribution in [1.29, 1.82) is 0 Å². The van der Waals surface area contributed by atoms with Crippen LogP contribution in [-0.2, 0) is 11.2 Å². The van der Waals surface area contributed by atoms with E-state index in [4.69, 9.17) is 5.11 Å². The van der Waals surface area contributed by atoms with Gasteiger partial charge in [-0.1, -0.05) is 70.6 Å². The molecule has 0 fully saturated rings. The van der Waals surface area contributed by atoms with Crippen LogP contribution in [0.25, 0.3) is 0 Å². The molecule has 1 rings (SSSR count). The summed E-state index contributed by atoms with van der Waals surface area (Å²) < 4.78 is 0. The molecule has 1 heterocycles. The van der Waals surface area contributed by atoms with Crippen molar-refractivity contribution in [1.82, 2.24) is 20.3 Å².